The number of rotatable bonds is 3. The van der Waals surface area contributed by atoms with Crippen LogP contribution in [0, 0.1) is 0 Å². The minimum absolute atomic E-state index is 0.0248. The molecule has 90 valence electrons. The van der Waals surface area contributed by atoms with Crippen LogP contribution in [0.5, 0.6) is 11.5 Å². The first-order valence-corrected chi connectivity index (χ1v) is 5.38. The van der Waals surface area contributed by atoms with Crippen molar-refractivity contribution in [3.63, 3.8) is 0 Å². The molecule has 0 aliphatic heterocycles. The summed E-state index contributed by atoms with van der Waals surface area (Å²) in [6.45, 7) is 3.84. The zero-order valence-corrected chi connectivity index (χ0v) is 10.0. The fourth-order valence-corrected chi connectivity index (χ4v) is 1.60. The topological polar surface area (TPSA) is 48.7 Å². The average molecular weight is 234 g/mol. The molecule has 0 aliphatic rings. The summed E-state index contributed by atoms with van der Waals surface area (Å²) in [6.07, 6.45) is 1.40. The number of fused-ring (bicyclic) bond motifs is 1. The van der Waals surface area contributed by atoms with Crippen molar-refractivity contribution in [2.75, 3.05) is 7.11 Å². The lowest BCUT2D eigenvalue weighted by Crippen LogP contribution is -2.07. The third-order valence-electron chi connectivity index (χ3n) is 2.31. The van der Waals surface area contributed by atoms with E-state index in [1.807, 2.05) is 13.8 Å². The van der Waals surface area contributed by atoms with Gasteiger partial charge in [0.05, 0.1) is 24.9 Å². The predicted octanol–water partition coefficient (Wildman–Crippen LogP) is 2.59. The van der Waals surface area contributed by atoms with Gasteiger partial charge in [-0.25, -0.2) is 0 Å². The van der Waals surface area contributed by atoms with Crippen LogP contribution in [0.4, 0.5) is 0 Å². The molecule has 0 N–H and O–H groups in total. The van der Waals surface area contributed by atoms with Crippen LogP contribution in [0.2, 0.25) is 0 Å². The van der Waals surface area contributed by atoms with Crippen molar-refractivity contribution in [3.8, 4) is 11.5 Å². The Morgan fingerprint density at radius 1 is 1.24 bits per heavy atom. The molecule has 2 rings (SSSR count). The van der Waals surface area contributed by atoms with Gasteiger partial charge >= 0.3 is 0 Å². The maximum Gasteiger partial charge on any atom is 0.192 e. The van der Waals surface area contributed by atoms with Crippen LogP contribution in [-0.4, -0.2) is 13.2 Å². The summed E-state index contributed by atoms with van der Waals surface area (Å²) >= 11 is 0. The normalized spacial score (nSPS) is 10.8. The molecule has 0 saturated carbocycles. The van der Waals surface area contributed by atoms with Gasteiger partial charge in [0, 0.05) is 12.1 Å². The van der Waals surface area contributed by atoms with Gasteiger partial charge in [0.2, 0.25) is 0 Å². The molecule has 0 atom stereocenters. The summed E-state index contributed by atoms with van der Waals surface area (Å²) in [5.41, 5.74) is 0.398. The van der Waals surface area contributed by atoms with Crippen LogP contribution in [0.25, 0.3) is 11.0 Å². The number of benzene rings is 1. The molecule has 0 radical (unpaired) electrons. The van der Waals surface area contributed by atoms with Crippen molar-refractivity contribution in [1.82, 2.24) is 0 Å². The van der Waals surface area contributed by atoms with Crippen molar-refractivity contribution in [3.05, 3.63) is 34.7 Å². The van der Waals surface area contributed by atoms with Crippen molar-refractivity contribution in [2.45, 2.75) is 20.0 Å². The quantitative estimate of drug-likeness (QED) is 0.819. The molecule has 0 spiro atoms. The zero-order chi connectivity index (χ0) is 12.4. The highest BCUT2D eigenvalue weighted by atomic mass is 16.5. The van der Waals surface area contributed by atoms with Crippen LogP contribution in [0.15, 0.2) is 33.7 Å². The van der Waals surface area contributed by atoms with Gasteiger partial charge in [0.15, 0.2) is 16.9 Å². The Labute approximate surface area is 98.8 Å². The lowest BCUT2D eigenvalue weighted by Gasteiger charge is -2.13. The molecule has 0 saturated heterocycles. The van der Waals surface area contributed by atoms with Crippen LogP contribution in [0.3, 0.4) is 0 Å². The molecule has 0 unspecified atom stereocenters. The van der Waals surface area contributed by atoms with Crippen LogP contribution in [0.1, 0.15) is 13.8 Å². The van der Waals surface area contributed by atoms with E-state index in [1.165, 1.54) is 12.3 Å². The van der Waals surface area contributed by atoms with E-state index in [-0.39, 0.29) is 11.5 Å². The second-order valence-electron chi connectivity index (χ2n) is 3.95. The Morgan fingerprint density at radius 2 is 2.00 bits per heavy atom. The monoisotopic (exact) mass is 234 g/mol. The molecule has 0 amide bonds. The highest BCUT2D eigenvalue weighted by Gasteiger charge is 2.11. The smallest absolute Gasteiger partial charge is 0.192 e. The van der Waals surface area contributed by atoms with Gasteiger partial charge < -0.3 is 13.9 Å². The predicted molar refractivity (Wildman–Crippen MR) is 64.8 cm³/mol. The maximum absolute atomic E-state index is 11.6. The highest BCUT2D eigenvalue weighted by molar-refractivity contribution is 5.80. The zero-order valence-electron chi connectivity index (χ0n) is 10.0. The lowest BCUT2D eigenvalue weighted by atomic mass is 10.2. The van der Waals surface area contributed by atoms with Gasteiger partial charge in [0.1, 0.15) is 5.58 Å². The Morgan fingerprint density at radius 3 is 2.65 bits per heavy atom. The molecule has 1 heterocycles. The number of ether oxygens (including phenoxy) is 2. The summed E-state index contributed by atoms with van der Waals surface area (Å²) in [7, 11) is 1.54. The Bertz CT molecular complexity index is 583. The van der Waals surface area contributed by atoms with Crippen molar-refractivity contribution in [1.29, 1.82) is 0 Å². The van der Waals surface area contributed by atoms with Crippen LogP contribution < -0.4 is 14.9 Å². The molecule has 0 aliphatic carbocycles. The molecule has 1 aromatic heterocycles. The number of hydrogen-bond donors (Lipinski definition) is 0. The fraction of sp³-hybridized carbons (Fsp3) is 0.308. The summed E-state index contributed by atoms with van der Waals surface area (Å²) in [4.78, 5) is 11.6. The first kappa shape index (κ1) is 11.5. The van der Waals surface area contributed by atoms with Crippen LogP contribution >= 0.6 is 0 Å². The van der Waals surface area contributed by atoms with Gasteiger partial charge in [-0.05, 0) is 19.9 Å². The SMILES string of the molecule is COc1cc2c(=O)ccoc2cc1OC(C)C. The van der Waals surface area contributed by atoms with Crippen molar-refractivity contribution in [2.24, 2.45) is 0 Å². The first-order chi connectivity index (χ1) is 8.11. The molecule has 1 aromatic carbocycles. The molecule has 2 aromatic rings. The second-order valence-corrected chi connectivity index (χ2v) is 3.95. The fourth-order valence-electron chi connectivity index (χ4n) is 1.60. The number of hydrogen-bond acceptors (Lipinski definition) is 4. The lowest BCUT2D eigenvalue weighted by molar-refractivity contribution is 0.230. The maximum atomic E-state index is 11.6. The van der Waals surface area contributed by atoms with Crippen molar-refractivity contribution < 1.29 is 13.9 Å². The average Bonchev–Trinajstić information content (AvgIpc) is 2.28. The molecule has 4 nitrogen and oxygen atoms in total. The van der Waals surface area contributed by atoms with Gasteiger partial charge in [-0.3, -0.25) is 4.79 Å². The standard InChI is InChI=1S/C13H14O4/c1-8(2)17-13-7-11-9(6-12(13)15-3)10(14)4-5-16-11/h4-8H,1-3H3. The van der Waals surface area contributed by atoms with E-state index in [1.54, 1.807) is 19.2 Å². The van der Waals surface area contributed by atoms with Gasteiger partial charge in [-0.1, -0.05) is 0 Å². The summed E-state index contributed by atoms with van der Waals surface area (Å²) in [5.74, 6) is 1.11. The van der Waals surface area contributed by atoms with E-state index in [4.69, 9.17) is 13.9 Å². The van der Waals surface area contributed by atoms with E-state index < -0.39 is 0 Å². The van der Waals surface area contributed by atoms with E-state index in [2.05, 4.69) is 0 Å². The van der Waals surface area contributed by atoms with E-state index in [0.717, 1.165) is 0 Å². The summed E-state index contributed by atoms with van der Waals surface area (Å²) in [6, 6.07) is 4.69. The molecule has 4 heteroatoms. The Hall–Kier alpha value is -1.97. The first-order valence-electron chi connectivity index (χ1n) is 5.38. The molecule has 0 fully saturated rings. The summed E-state index contributed by atoms with van der Waals surface area (Å²) in [5, 5.41) is 0.487. The molecule has 0 bridgehead atoms. The molecule has 17 heavy (non-hydrogen) atoms. The summed E-state index contributed by atoms with van der Waals surface area (Å²) < 4.78 is 16.1. The third-order valence-corrected chi connectivity index (χ3v) is 2.31. The van der Waals surface area contributed by atoms with Gasteiger partial charge in [0.25, 0.3) is 0 Å². The second kappa shape index (κ2) is 4.49. The molecular formula is C13H14O4. The minimum atomic E-state index is -0.0966. The van der Waals surface area contributed by atoms with E-state index >= 15 is 0 Å². The Balaban J connectivity index is 2.65. The number of methoxy groups -OCH3 is 1. The molecular weight excluding hydrogens is 220 g/mol. The van der Waals surface area contributed by atoms with E-state index in [0.29, 0.717) is 22.5 Å². The Kier molecular flexibility index (Phi) is 3.04. The van der Waals surface area contributed by atoms with Crippen molar-refractivity contribution >= 4 is 11.0 Å². The van der Waals surface area contributed by atoms with Gasteiger partial charge in [-0.2, -0.15) is 0 Å². The third kappa shape index (κ3) is 2.25. The van der Waals surface area contributed by atoms with E-state index in [9.17, 15) is 4.79 Å². The minimum Gasteiger partial charge on any atom is -0.493 e. The van der Waals surface area contributed by atoms with Crippen LogP contribution in [-0.2, 0) is 0 Å². The van der Waals surface area contributed by atoms with Gasteiger partial charge in [-0.15, -0.1) is 0 Å². The largest absolute Gasteiger partial charge is 0.493 e. The highest BCUT2D eigenvalue weighted by Crippen LogP contribution is 2.31.